The van der Waals surface area contributed by atoms with Gasteiger partial charge in [0.15, 0.2) is 0 Å². The van der Waals surface area contributed by atoms with Crippen molar-refractivity contribution in [3.63, 3.8) is 0 Å². The summed E-state index contributed by atoms with van der Waals surface area (Å²) in [5.74, 6) is -1.50. The summed E-state index contributed by atoms with van der Waals surface area (Å²) in [7, 11) is 1.50. The van der Waals surface area contributed by atoms with Crippen LogP contribution in [0.25, 0.3) is 0 Å². The van der Waals surface area contributed by atoms with Crippen LogP contribution in [0.4, 0.5) is 0 Å². The lowest BCUT2D eigenvalue weighted by molar-refractivity contribution is -0.139. The average Bonchev–Trinajstić information content (AvgIpc) is 2.96. The first kappa shape index (κ1) is 30.4. The zero-order chi connectivity index (χ0) is 25.2. The summed E-state index contributed by atoms with van der Waals surface area (Å²) in [5, 5.41) is 14.3. The highest BCUT2D eigenvalue weighted by molar-refractivity contribution is 5.90. The van der Waals surface area contributed by atoms with E-state index in [-0.39, 0.29) is 30.8 Å². The van der Waals surface area contributed by atoms with E-state index in [0.29, 0.717) is 6.42 Å². The molecule has 0 saturated carbocycles. The second-order valence-electron chi connectivity index (χ2n) is 8.04. The van der Waals surface area contributed by atoms with E-state index in [4.69, 9.17) is 5.21 Å². The van der Waals surface area contributed by atoms with Crippen LogP contribution >= 0.6 is 0 Å². The third-order valence-electron chi connectivity index (χ3n) is 5.33. The number of likely N-dealkylation sites (N-methyl/N-ethyl adjacent to an activating group) is 1. The Morgan fingerprint density at radius 2 is 1.88 bits per heavy atom. The molecule has 2 aliphatic rings. The van der Waals surface area contributed by atoms with E-state index in [1.807, 2.05) is 20.8 Å². The quantitative estimate of drug-likeness (QED) is 0.237. The van der Waals surface area contributed by atoms with Gasteiger partial charge in [0, 0.05) is 37.7 Å². The molecule has 1 aliphatic carbocycles. The number of rotatable bonds is 9. The summed E-state index contributed by atoms with van der Waals surface area (Å²) in [6.07, 6.45) is 14.2. The molecule has 0 bridgehead atoms. The summed E-state index contributed by atoms with van der Waals surface area (Å²) in [4.78, 5) is 35.6. The molecule has 1 aliphatic heterocycles. The molecule has 3 amide bonds. The summed E-state index contributed by atoms with van der Waals surface area (Å²) in [6.45, 7) is 11.3. The largest absolute Gasteiger partial charge is 0.385 e. The number of hydroxylamine groups is 1. The van der Waals surface area contributed by atoms with E-state index >= 15 is 0 Å². The van der Waals surface area contributed by atoms with E-state index in [2.05, 4.69) is 48.8 Å². The molecular weight excluding hydrogens is 420 g/mol. The van der Waals surface area contributed by atoms with Crippen molar-refractivity contribution in [3.8, 4) is 0 Å². The molecule has 33 heavy (non-hydrogen) atoms. The minimum absolute atomic E-state index is 0.00768. The van der Waals surface area contributed by atoms with Crippen molar-refractivity contribution in [2.24, 2.45) is 5.92 Å². The zero-order valence-electron chi connectivity index (χ0n) is 21.2. The predicted molar refractivity (Wildman–Crippen MR) is 132 cm³/mol. The first-order chi connectivity index (χ1) is 15.8. The van der Waals surface area contributed by atoms with Crippen molar-refractivity contribution >= 4 is 17.7 Å². The number of allylic oxidation sites excluding steroid dienone is 5. The summed E-state index contributed by atoms with van der Waals surface area (Å²) >= 11 is 0. The van der Waals surface area contributed by atoms with Crippen molar-refractivity contribution < 1.29 is 19.6 Å². The molecule has 8 nitrogen and oxygen atoms in total. The van der Waals surface area contributed by atoms with E-state index in [0.717, 1.165) is 13.0 Å². The number of nitrogens with zero attached hydrogens (tertiary/aromatic N) is 1. The number of likely N-dealkylation sites (tertiary alicyclic amines) is 1. The fraction of sp³-hybridized carbons (Fsp3) is 0.640. The summed E-state index contributed by atoms with van der Waals surface area (Å²) in [6, 6.07) is -0.0729. The second-order valence-corrected chi connectivity index (χ2v) is 8.04. The molecule has 1 heterocycles. The molecule has 2 atom stereocenters. The second kappa shape index (κ2) is 17.9. The minimum Gasteiger partial charge on any atom is -0.385 e. The van der Waals surface area contributed by atoms with E-state index in [1.165, 1.54) is 48.0 Å². The third-order valence-corrected chi connectivity index (χ3v) is 5.33. The summed E-state index contributed by atoms with van der Waals surface area (Å²) in [5.41, 5.74) is 4.18. The lowest BCUT2D eigenvalue weighted by Gasteiger charge is -2.20. The molecule has 0 radical (unpaired) electrons. The van der Waals surface area contributed by atoms with Gasteiger partial charge in [0.1, 0.15) is 0 Å². The van der Waals surface area contributed by atoms with Gasteiger partial charge in [-0.25, -0.2) is 5.48 Å². The van der Waals surface area contributed by atoms with Gasteiger partial charge < -0.3 is 15.5 Å². The Bertz CT molecular complexity index is 701. The number of nitrogens with one attached hydrogen (secondary N) is 3. The smallest absolute Gasteiger partial charge is 0.244 e. The maximum atomic E-state index is 11.9. The van der Waals surface area contributed by atoms with Crippen molar-refractivity contribution in [2.75, 3.05) is 20.1 Å². The van der Waals surface area contributed by atoms with Crippen LogP contribution in [0.15, 0.2) is 35.6 Å². The standard InChI is InChI=1S/C13H21N.C10H17N3O4.C2H6/c1-3-4-5-11-14-13-8-6-7-12(2)9-10-13;1-6-3-7(4-8(14)12-17)10(16)13(6)5-9(15)11-2;1-2/h6,8-10,14H,3-5,7,11H2,1-2H3;6-7,17H,3-5H2,1-2H3,(H,11,15)(H,12,14);1-2H3. The third kappa shape index (κ3) is 12.3. The highest BCUT2D eigenvalue weighted by atomic mass is 16.5. The van der Waals surface area contributed by atoms with Gasteiger partial charge in [-0.15, -0.1) is 0 Å². The highest BCUT2D eigenvalue weighted by Crippen LogP contribution is 2.26. The monoisotopic (exact) mass is 464 g/mol. The SMILES string of the molecule is CC.CCCCCNC1=CC=C(C)CC=C1.CNC(=O)CN1C(=O)C(CC(=O)NO)CC1C. The van der Waals surface area contributed by atoms with Crippen LogP contribution in [0.3, 0.4) is 0 Å². The molecule has 0 spiro atoms. The minimum atomic E-state index is -0.586. The number of carbonyl (C=O) groups excluding carboxylic acids is 3. The van der Waals surface area contributed by atoms with Crippen molar-refractivity contribution in [1.82, 2.24) is 21.0 Å². The van der Waals surface area contributed by atoms with Crippen LogP contribution < -0.4 is 16.1 Å². The van der Waals surface area contributed by atoms with E-state index < -0.39 is 11.8 Å². The van der Waals surface area contributed by atoms with Crippen molar-refractivity contribution in [1.29, 1.82) is 0 Å². The van der Waals surface area contributed by atoms with Crippen LogP contribution in [-0.2, 0) is 14.4 Å². The Labute approximate surface area is 199 Å². The molecule has 0 aromatic heterocycles. The van der Waals surface area contributed by atoms with E-state index in [9.17, 15) is 14.4 Å². The first-order valence-electron chi connectivity index (χ1n) is 12.0. The molecule has 2 rings (SSSR count). The maximum absolute atomic E-state index is 11.9. The van der Waals surface area contributed by atoms with Gasteiger partial charge in [0.2, 0.25) is 17.7 Å². The molecule has 0 aromatic rings. The molecule has 1 fully saturated rings. The Morgan fingerprint density at radius 1 is 1.18 bits per heavy atom. The van der Waals surface area contributed by atoms with Crippen LogP contribution in [0.5, 0.6) is 0 Å². The number of hydrogen-bond acceptors (Lipinski definition) is 5. The van der Waals surface area contributed by atoms with Crippen LogP contribution in [0.1, 0.15) is 73.1 Å². The predicted octanol–water partition coefficient (Wildman–Crippen LogP) is 3.45. The Morgan fingerprint density at radius 3 is 2.48 bits per heavy atom. The van der Waals surface area contributed by atoms with Gasteiger partial charge in [0.25, 0.3) is 0 Å². The van der Waals surface area contributed by atoms with Crippen molar-refractivity contribution in [3.05, 3.63) is 35.6 Å². The molecule has 0 aromatic carbocycles. The molecule has 188 valence electrons. The fourth-order valence-electron chi connectivity index (χ4n) is 3.45. The molecule has 4 N–H and O–H groups in total. The average molecular weight is 465 g/mol. The van der Waals surface area contributed by atoms with Gasteiger partial charge in [-0.1, -0.05) is 51.3 Å². The Balaban J connectivity index is 0.000000586. The van der Waals surface area contributed by atoms with Gasteiger partial charge in [0.05, 0.1) is 6.54 Å². The topological polar surface area (TPSA) is 111 Å². The normalized spacial score (nSPS) is 19.1. The lowest BCUT2D eigenvalue weighted by atomic mass is 10.0. The maximum Gasteiger partial charge on any atom is 0.244 e. The van der Waals surface area contributed by atoms with Crippen molar-refractivity contribution in [2.45, 2.75) is 79.2 Å². The van der Waals surface area contributed by atoms with E-state index in [1.54, 1.807) is 0 Å². The molecule has 2 unspecified atom stereocenters. The first-order valence-corrected chi connectivity index (χ1v) is 12.0. The lowest BCUT2D eigenvalue weighted by Crippen LogP contribution is -2.40. The number of hydrogen-bond donors (Lipinski definition) is 4. The van der Waals surface area contributed by atoms with Gasteiger partial charge in [-0.3, -0.25) is 19.6 Å². The number of amides is 3. The number of carbonyl (C=O) groups is 3. The number of unbranched alkanes of at least 4 members (excludes halogenated alkanes) is 2. The van der Waals surface area contributed by atoms with Crippen LogP contribution in [0, 0.1) is 5.92 Å². The Hall–Kier alpha value is -2.61. The Kier molecular flexibility index (Phi) is 16.5. The van der Waals surface area contributed by atoms with Gasteiger partial charge >= 0.3 is 0 Å². The fourth-order valence-corrected chi connectivity index (χ4v) is 3.45. The highest BCUT2D eigenvalue weighted by Gasteiger charge is 2.38. The molecule has 1 saturated heterocycles. The van der Waals surface area contributed by atoms with Gasteiger partial charge in [-0.05, 0) is 45.3 Å². The summed E-state index contributed by atoms with van der Waals surface area (Å²) < 4.78 is 0. The van der Waals surface area contributed by atoms with Gasteiger partial charge in [-0.2, -0.15) is 0 Å². The van der Waals surface area contributed by atoms with Crippen LogP contribution in [-0.4, -0.2) is 54.0 Å². The zero-order valence-corrected chi connectivity index (χ0v) is 21.2. The molecular formula is C25H44N4O4. The molecule has 8 heteroatoms. The van der Waals surface area contributed by atoms with Crippen LogP contribution in [0.2, 0.25) is 0 Å².